The van der Waals surface area contributed by atoms with E-state index in [1.165, 1.54) is 17.5 Å². The quantitative estimate of drug-likeness (QED) is 0.556. The fourth-order valence-corrected chi connectivity index (χ4v) is 3.78. The summed E-state index contributed by atoms with van der Waals surface area (Å²) in [5.41, 5.74) is 2.94. The molecule has 7 heteroatoms. The second-order valence-corrected chi connectivity index (χ2v) is 7.23. The number of thiophene rings is 1. The van der Waals surface area contributed by atoms with Crippen molar-refractivity contribution in [1.29, 1.82) is 0 Å². The second kappa shape index (κ2) is 7.74. The third-order valence-corrected chi connectivity index (χ3v) is 5.33. The van der Waals surface area contributed by atoms with Gasteiger partial charge in [0, 0.05) is 24.5 Å². The molecule has 3 heterocycles. The first-order chi connectivity index (χ1) is 13.6. The molecule has 0 aliphatic carbocycles. The molecule has 1 aromatic carbocycles. The number of amides is 1. The van der Waals surface area contributed by atoms with E-state index in [0.717, 1.165) is 11.1 Å². The monoisotopic (exact) mass is 391 g/mol. The van der Waals surface area contributed by atoms with E-state index >= 15 is 0 Å². The van der Waals surface area contributed by atoms with Crippen molar-refractivity contribution in [2.45, 2.75) is 19.8 Å². The van der Waals surface area contributed by atoms with Crippen molar-refractivity contribution < 1.29 is 9.21 Å². The summed E-state index contributed by atoms with van der Waals surface area (Å²) in [6.07, 6.45) is 4.36. The maximum absolute atomic E-state index is 12.2. The zero-order valence-corrected chi connectivity index (χ0v) is 16.0. The van der Waals surface area contributed by atoms with Gasteiger partial charge in [-0.3, -0.25) is 14.6 Å². The van der Waals surface area contributed by atoms with Gasteiger partial charge in [-0.2, -0.15) is 4.98 Å². The molecule has 28 heavy (non-hydrogen) atoms. The molecule has 6 nitrogen and oxygen atoms in total. The number of hydrogen-bond acceptors (Lipinski definition) is 6. The first-order valence-electron chi connectivity index (χ1n) is 8.78. The van der Waals surface area contributed by atoms with Gasteiger partial charge in [-0.15, -0.1) is 11.3 Å². The summed E-state index contributed by atoms with van der Waals surface area (Å²) < 4.78 is 5.76. The molecule has 4 aromatic rings. The van der Waals surface area contributed by atoms with Gasteiger partial charge in [-0.1, -0.05) is 12.1 Å². The minimum Gasteiger partial charge on any atom is -0.431 e. The Kier molecular flexibility index (Phi) is 4.99. The van der Waals surface area contributed by atoms with Crippen LogP contribution in [0.3, 0.4) is 0 Å². The Hall–Kier alpha value is -3.32. The second-order valence-electron chi connectivity index (χ2n) is 6.39. The van der Waals surface area contributed by atoms with Crippen molar-refractivity contribution in [3.63, 3.8) is 0 Å². The molecule has 1 amide bonds. The van der Waals surface area contributed by atoms with Crippen LogP contribution >= 0.6 is 11.3 Å². The lowest BCUT2D eigenvalue weighted by molar-refractivity contribution is 0.102. The van der Waals surface area contributed by atoms with Gasteiger partial charge in [0.1, 0.15) is 0 Å². The average Bonchev–Trinajstić information content (AvgIpc) is 3.09. The van der Waals surface area contributed by atoms with Crippen LogP contribution in [-0.4, -0.2) is 15.9 Å². The molecular weight excluding hydrogens is 374 g/mol. The molecule has 0 bridgehead atoms. The summed E-state index contributed by atoms with van der Waals surface area (Å²) in [6.45, 7) is 1.88. The minimum absolute atomic E-state index is 0.202. The summed E-state index contributed by atoms with van der Waals surface area (Å²) in [5, 5.41) is 5.31. The van der Waals surface area contributed by atoms with Gasteiger partial charge in [-0.25, -0.2) is 0 Å². The van der Waals surface area contributed by atoms with Gasteiger partial charge in [0.25, 0.3) is 11.5 Å². The van der Waals surface area contributed by atoms with Crippen LogP contribution in [0.1, 0.15) is 27.4 Å². The first-order valence-corrected chi connectivity index (χ1v) is 9.66. The SMILES string of the molecule is Cc1csc2oc(CCc3ccc(NC(=O)c4cccnc4)cc3)nc(=O)c12. The third kappa shape index (κ3) is 3.84. The number of aryl methyl sites for hydroxylation is 3. The van der Waals surface area contributed by atoms with Crippen LogP contribution in [0.5, 0.6) is 0 Å². The zero-order valence-electron chi connectivity index (χ0n) is 15.1. The number of rotatable bonds is 5. The first kappa shape index (κ1) is 18.1. The molecule has 0 saturated heterocycles. The van der Waals surface area contributed by atoms with Gasteiger partial charge >= 0.3 is 0 Å². The highest BCUT2D eigenvalue weighted by atomic mass is 32.1. The Labute approximate surface area is 164 Å². The van der Waals surface area contributed by atoms with Crippen LogP contribution in [0.4, 0.5) is 5.69 Å². The molecule has 0 aliphatic rings. The predicted molar refractivity (Wildman–Crippen MR) is 109 cm³/mol. The Morgan fingerprint density at radius 3 is 2.75 bits per heavy atom. The molecular formula is C21H17N3O3S. The molecule has 0 fully saturated rings. The van der Waals surface area contributed by atoms with Crippen LogP contribution in [0, 0.1) is 6.92 Å². The average molecular weight is 391 g/mol. The molecule has 0 aliphatic heterocycles. The van der Waals surface area contributed by atoms with Crippen molar-refractivity contribution >= 4 is 33.2 Å². The fourth-order valence-electron chi connectivity index (χ4n) is 2.86. The van der Waals surface area contributed by atoms with Gasteiger partial charge in [0.2, 0.25) is 0 Å². The molecule has 0 spiro atoms. The number of anilines is 1. The smallest absolute Gasteiger partial charge is 0.284 e. The molecule has 0 atom stereocenters. The maximum Gasteiger partial charge on any atom is 0.284 e. The summed E-state index contributed by atoms with van der Waals surface area (Å²) in [4.78, 5) is 32.9. The predicted octanol–water partition coefficient (Wildman–Crippen LogP) is 3.99. The van der Waals surface area contributed by atoms with E-state index in [2.05, 4.69) is 15.3 Å². The number of nitrogens with zero attached hydrogens (tertiary/aromatic N) is 2. The molecule has 0 unspecified atom stereocenters. The highest BCUT2D eigenvalue weighted by molar-refractivity contribution is 7.16. The fraction of sp³-hybridized carbons (Fsp3) is 0.143. The number of carbonyl (C=O) groups excluding carboxylic acids is 1. The third-order valence-electron chi connectivity index (χ3n) is 4.35. The summed E-state index contributed by atoms with van der Waals surface area (Å²) >= 11 is 1.42. The van der Waals surface area contributed by atoms with Crippen molar-refractivity contribution in [3.8, 4) is 0 Å². The molecule has 4 rings (SSSR count). The zero-order chi connectivity index (χ0) is 19.5. The lowest BCUT2D eigenvalue weighted by Gasteiger charge is -2.06. The van der Waals surface area contributed by atoms with Gasteiger partial charge in [0.05, 0.1) is 10.9 Å². The lowest BCUT2D eigenvalue weighted by Crippen LogP contribution is -2.12. The van der Waals surface area contributed by atoms with Crippen LogP contribution in [0.2, 0.25) is 0 Å². The molecule has 0 saturated carbocycles. The number of pyridine rings is 1. The Morgan fingerprint density at radius 1 is 1.18 bits per heavy atom. The molecule has 3 aromatic heterocycles. The van der Waals surface area contributed by atoms with E-state index in [1.807, 2.05) is 36.6 Å². The van der Waals surface area contributed by atoms with Gasteiger partial charge < -0.3 is 9.73 Å². The summed E-state index contributed by atoms with van der Waals surface area (Å²) in [7, 11) is 0. The highest BCUT2D eigenvalue weighted by Crippen LogP contribution is 2.23. The number of aromatic nitrogens is 2. The van der Waals surface area contributed by atoms with Crippen LogP contribution in [0.25, 0.3) is 10.3 Å². The summed E-state index contributed by atoms with van der Waals surface area (Å²) in [5.74, 6) is 0.236. The Bertz CT molecular complexity index is 1180. The topological polar surface area (TPSA) is 85.1 Å². The normalized spacial score (nSPS) is 10.9. The van der Waals surface area contributed by atoms with E-state index in [0.29, 0.717) is 40.3 Å². The Morgan fingerprint density at radius 2 is 2.00 bits per heavy atom. The van der Waals surface area contributed by atoms with Crippen LogP contribution in [-0.2, 0) is 12.8 Å². The number of benzene rings is 1. The van der Waals surface area contributed by atoms with E-state index < -0.39 is 0 Å². The number of carbonyl (C=O) groups is 1. The van der Waals surface area contributed by atoms with Gasteiger partial charge in [-0.05, 0) is 54.1 Å². The maximum atomic E-state index is 12.2. The number of fused-ring (bicyclic) bond motifs is 1. The summed E-state index contributed by atoms with van der Waals surface area (Å²) in [6, 6.07) is 11.0. The molecule has 0 radical (unpaired) electrons. The standard InChI is InChI=1S/C21H17N3O3S/c1-13-12-28-21-18(13)20(26)24-17(27-21)9-6-14-4-7-16(8-5-14)23-19(25)15-3-2-10-22-11-15/h2-5,7-8,10-12H,6,9H2,1H3,(H,23,25). The lowest BCUT2D eigenvalue weighted by atomic mass is 10.1. The van der Waals surface area contributed by atoms with Crippen LogP contribution < -0.4 is 10.9 Å². The Balaban J connectivity index is 1.41. The largest absolute Gasteiger partial charge is 0.431 e. The number of hydrogen-bond donors (Lipinski definition) is 1. The number of nitrogens with one attached hydrogen (secondary N) is 1. The van der Waals surface area contributed by atoms with E-state index in [-0.39, 0.29) is 11.5 Å². The van der Waals surface area contributed by atoms with Crippen molar-refractivity contribution in [1.82, 2.24) is 9.97 Å². The van der Waals surface area contributed by atoms with Gasteiger partial charge in [0.15, 0.2) is 10.8 Å². The highest BCUT2D eigenvalue weighted by Gasteiger charge is 2.11. The van der Waals surface area contributed by atoms with Crippen molar-refractivity contribution in [2.75, 3.05) is 5.32 Å². The van der Waals surface area contributed by atoms with Crippen LogP contribution in [0.15, 0.2) is 63.4 Å². The minimum atomic E-state index is -0.233. The molecule has 1 N–H and O–H groups in total. The van der Waals surface area contributed by atoms with E-state index in [1.54, 1.807) is 18.3 Å². The van der Waals surface area contributed by atoms with E-state index in [4.69, 9.17) is 4.42 Å². The van der Waals surface area contributed by atoms with Crippen molar-refractivity contribution in [3.05, 3.63) is 87.1 Å². The van der Waals surface area contributed by atoms with E-state index in [9.17, 15) is 9.59 Å². The molecule has 140 valence electrons. The van der Waals surface area contributed by atoms with Crippen molar-refractivity contribution in [2.24, 2.45) is 0 Å².